The van der Waals surface area contributed by atoms with Crippen LogP contribution in [0.5, 0.6) is 0 Å². The van der Waals surface area contributed by atoms with Crippen LogP contribution >= 0.6 is 0 Å². The summed E-state index contributed by atoms with van der Waals surface area (Å²) in [7, 11) is 0. The molecule has 1 saturated heterocycles. The Morgan fingerprint density at radius 2 is 2.30 bits per heavy atom. The minimum Gasteiger partial charge on any atom is -0.409 e. The second kappa shape index (κ2) is 7.26. The molecular weight excluding hydrogens is 254 g/mol. The molecule has 5 nitrogen and oxygen atoms in total. The Hall–Kier alpha value is -1.59. The van der Waals surface area contributed by atoms with Gasteiger partial charge in [-0.05, 0) is 24.9 Å². The lowest BCUT2D eigenvalue weighted by Crippen LogP contribution is -2.32. The molecule has 1 unspecified atom stereocenters. The van der Waals surface area contributed by atoms with Crippen LogP contribution in [-0.4, -0.2) is 41.7 Å². The summed E-state index contributed by atoms with van der Waals surface area (Å²) in [5.41, 5.74) is 7.60. The molecule has 0 aromatic heterocycles. The van der Waals surface area contributed by atoms with Gasteiger partial charge in [0, 0.05) is 25.3 Å². The summed E-state index contributed by atoms with van der Waals surface area (Å²) in [4.78, 5) is 2.33. The third-order valence-electron chi connectivity index (χ3n) is 3.73. The van der Waals surface area contributed by atoms with Crippen LogP contribution in [0.25, 0.3) is 0 Å². The normalized spacial score (nSPS) is 19.7. The Morgan fingerprint density at radius 1 is 1.50 bits per heavy atom. The molecule has 0 aliphatic carbocycles. The Labute approximate surface area is 120 Å². The van der Waals surface area contributed by atoms with Crippen molar-refractivity contribution in [1.29, 1.82) is 0 Å². The fraction of sp³-hybridized carbons (Fsp3) is 0.533. The molecule has 1 aromatic carbocycles. The minimum absolute atomic E-state index is 0.161. The number of likely N-dealkylation sites (N-methyl/N-ethyl adjacent to an activating group) is 1. The van der Waals surface area contributed by atoms with Gasteiger partial charge in [0.05, 0.1) is 6.10 Å². The van der Waals surface area contributed by atoms with Crippen LogP contribution in [-0.2, 0) is 11.3 Å². The van der Waals surface area contributed by atoms with Gasteiger partial charge >= 0.3 is 0 Å². The number of nitrogens with zero attached hydrogens (tertiary/aromatic N) is 2. The molecular formula is C15H23N3O2. The summed E-state index contributed by atoms with van der Waals surface area (Å²) in [6.45, 7) is 5.68. The molecule has 1 aliphatic rings. The maximum atomic E-state index is 8.86. The van der Waals surface area contributed by atoms with E-state index in [0.29, 0.717) is 6.10 Å². The first kappa shape index (κ1) is 14.8. The molecule has 110 valence electrons. The largest absolute Gasteiger partial charge is 0.409 e. The molecule has 1 aromatic rings. The van der Waals surface area contributed by atoms with Gasteiger partial charge in [-0.25, -0.2) is 0 Å². The highest BCUT2D eigenvalue weighted by Crippen LogP contribution is 2.16. The molecule has 1 heterocycles. The molecule has 1 atom stereocenters. The zero-order valence-corrected chi connectivity index (χ0v) is 12.0. The molecule has 20 heavy (non-hydrogen) atoms. The highest BCUT2D eigenvalue weighted by Gasteiger charge is 2.19. The van der Waals surface area contributed by atoms with Crippen molar-refractivity contribution in [3.8, 4) is 0 Å². The summed E-state index contributed by atoms with van der Waals surface area (Å²) in [6.07, 6.45) is 2.63. The highest BCUT2D eigenvalue weighted by molar-refractivity contribution is 5.98. The van der Waals surface area contributed by atoms with Gasteiger partial charge in [-0.2, -0.15) is 0 Å². The number of ether oxygens (including phenoxy) is 1. The van der Waals surface area contributed by atoms with Crippen LogP contribution in [0.4, 0.5) is 0 Å². The predicted molar refractivity (Wildman–Crippen MR) is 78.9 cm³/mol. The first-order valence-corrected chi connectivity index (χ1v) is 7.14. The van der Waals surface area contributed by atoms with E-state index in [0.717, 1.165) is 50.2 Å². The van der Waals surface area contributed by atoms with E-state index in [2.05, 4.69) is 17.0 Å². The Balaban J connectivity index is 2.06. The highest BCUT2D eigenvalue weighted by atomic mass is 16.5. The number of benzene rings is 1. The molecule has 0 bridgehead atoms. The van der Waals surface area contributed by atoms with Crippen molar-refractivity contribution < 1.29 is 9.94 Å². The lowest BCUT2D eigenvalue weighted by Gasteiger charge is -2.24. The average Bonchev–Trinajstić information content (AvgIpc) is 2.99. The Bertz CT molecular complexity index is 456. The smallest absolute Gasteiger partial charge is 0.170 e. The van der Waals surface area contributed by atoms with Crippen LogP contribution in [0, 0.1) is 0 Å². The first-order valence-electron chi connectivity index (χ1n) is 7.14. The summed E-state index contributed by atoms with van der Waals surface area (Å²) in [5.74, 6) is 0.161. The summed E-state index contributed by atoms with van der Waals surface area (Å²) in [5, 5.41) is 12.0. The van der Waals surface area contributed by atoms with Crippen molar-refractivity contribution in [3.05, 3.63) is 35.4 Å². The lowest BCUT2D eigenvalue weighted by atomic mass is 10.1. The van der Waals surface area contributed by atoms with Gasteiger partial charge in [0.1, 0.15) is 0 Å². The van der Waals surface area contributed by atoms with Gasteiger partial charge in [0.2, 0.25) is 0 Å². The van der Waals surface area contributed by atoms with Gasteiger partial charge in [0.25, 0.3) is 0 Å². The van der Waals surface area contributed by atoms with Gasteiger partial charge in [0.15, 0.2) is 5.84 Å². The minimum atomic E-state index is 0.161. The molecule has 5 heteroatoms. The van der Waals surface area contributed by atoms with E-state index in [1.165, 1.54) is 0 Å². The zero-order valence-electron chi connectivity index (χ0n) is 12.0. The van der Waals surface area contributed by atoms with E-state index in [9.17, 15) is 0 Å². The fourth-order valence-electron chi connectivity index (χ4n) is 2.58. The van der Waals surface area contributed by atoms with Gasteiger partial charge in [-0.3, -0.25) is 4.90 Å². The summed E-state index contributed by atoms with van der Waals surface area (Å²) < 4.78 is 5.69. The van der Waals surface area contributed by atoms with Crippen LogP contribution in [0.3, 0.4) is 0 Å². The number of hydrogen-bond donors (Lipinski definition) is 2. The average molecular weight is 277 g/mol. The molecule has 3 N–H and O–H groups in total. The second-order valence-electron chi connectivity index (χ2n) is 5.11. The molecule has 2 rings (SSSR count). The third kappa shape index (κ3) is 3.71. The van der Waals surface area contributed by atoms with Crippen molar-refractivity contribution >= 4 is 5.84 Å². The maximum Gasteiger partial charge on any atom is 0.170 e. The standard InChI is InChI=1S/C15H23N3O2/c1-2-18(11-13-7-5-9-20-13)10-12-6-3-4-8-14(12)15(16)17-19/h3-4,6,8,13,19H,2,5,7,9-11H2,1H3,(H2,16,17). The number of rotatable bonds is 6. The van der Waals surface area contributed by atoms with E-state index in [1.807, 2.05) is 24.3 Å². The van der Waals surface area contributed by atoms with Crippen molar-refractivity contribution in [2.75, 3.05) is 19.7 Å². The molecule has 0 saturated carbocycles. The topological polar surface area (TPSA) is 71.1 Å². The lowest BCUT2D eigenvalue weighted by molar-refractivity contribution is 0.0725. The summed E-state index contributed by atoms with van der Waals surface area (Å²) >= 11 is 0. The molecule has 1 aliphatic heterocycles. The van der Waals surface area contributed by atoms with Crippen LogP contribution < -0.4 is 5.73 Å². The molecule has 1 fully saturated rings. The van der Waals surface area contributed by atoms with Crippen LogP contribution in [0.15, 0.2) is 29.4 Å². The third-order valence-corrected chi connectivity index (χ3v) is 3.73. The molecule has 0 spiro atoms. The quantitative estimate of drug-likeness (QED) is 0.360. The van der Waals surface area contributed by atoms with Crippen molar-refractivity contribution in [2.45, 2.75) is 32.4 Å². The number of hydrogen-bond acceptors (Lipinski definition) is 4. The zero-order chi connectivity index (χ0) is 14.4. The van der Waals surface area contributed by atoms with Gasteiger partial charge in [-0.15, -0.1) is 0 Å². The van der Waals surface area contributed by atoms with Gasteiger partial charge in [-0.1, -0.05) is 36.3 Å². The van der Waals surface area contributed by atoms with Crippen molar-refractivity contribution in [1.82, 2.24) is 4.90 Å². The molecule has 0 radical (unpaired) electrons. The maximum absolute atomic E-state index is 8.86. The SMILES string of the molecule is CCN(Cc1ccccc1C(N)=NO)CC1CCCO1. The first-order chi connectivity index (χ1) is 9.74. The summed E-state index contributed by atoms with van der Waals surface area (Å²) in [6, 6.07) is 7.77. The number of oxime groups is 1. The molecule has 0 amide bonds. The second-order valence-corrected chi connectivity index (χ2v) is 5.11. The number of nitrogens with two attached hydrogens (primary N) is 1. The van der Waals surface area contributed by atoms with Crippen molar-refractivity contribution in [2.24, 2.45) is 10.9 Å². The Kier molecular flexibility index (Phi) is 5.38. The predicted octanol–water partition coefficient (Wildman–Crippen LogP) is 1.78. The van der Waals surface area contributed by atoms with Crippen LogP contribution in [0.1, 0.15) is 30.9 Å². The number of amidine groups is 1. The van der Waals surface area contributed by atoms with Crippen molar-refractivity contribution in [3.63, 3.8) is 0 Å². The van der Waals surface area contributed by atoms with E-state index in [1.54, 1.807) is 0 Å². The Morgan fingerprint density at radius 3 is 2.95 bits per heavy atom. The van der Waals surface area contributed by atoms with E-state index in [-0.39, 0.29) is 5.84 Å². The van der Waals surface area contributed by atoms with E-state index >= 15 is 0 Å². The fourth-order valence-corrected chi connectivity index (χ4v) is 2.58. The van der Waals surface area contributed by atoms with E-state index in [4.69, 9.17) is 15.7 Å². The van der Waals surface area contributed by atoms with Crippen LogP contribution in [0.2, 0.25) is 0 Å². The monoisotopic (exact) mass is 277 g/mol. The van der Waals surface area contributed by atoms with Gasteiger partial charge < -0.3 is 15.7 Å². The van der Waals surface area contributed by atoms with E-state index < -0.39 is 0 Å².